The van der Waals surface area contributed by atoms with Crippen LogP contribution in [0.2, 0.25) is 5.02 Å². The second kappa shape index (κ2) is 10.0. The van der Waals surface area contributed by atoms with Crippen molar-refractivity contribution in [2.24, 2.45) is 0 Å². The van der Waals surface area contributed by atoms with Gasteiger partial charge in [-0.3, -0.25) is 9.59 Å². The van der Waals surface area contributed by atoms with E-state index in [1.807, 2.05) is 0 Å². The topological polar surface area (TPSA) is 107 Å². The van der Waals surface area contributed by atoms with Gasteiger partial charge in [-0.05, 0) is 24.3 Å². The number of halogens is 1. The number of amides is 2. The summed E-state index contributed by atoms with van der Waals surface area (Å²) in [6.45, 7) is 1.93. The quantitative estimate of drug-likeness (QED) is 0.529. The molecule has 4 rings (SSSR count). The molecule has 3 aromatic rings. The Morgan fingerprint density at radius 1 is 1.15 bits per heavy atom. The van der Waals surface area contributed by atoms with Crippen molar-refractivity contribution in [3.63, 3.8) is 0 Å². The van der Waals surface area contributed by atoms with Gasteiger partial charge in [0, 0.05) is 35.2 Å². The maximum atomic E-state index is 13.2. The normalized spacial score (nSPS) is 14.2. The Balaban J connectivity index is 1.58. The van der Waals surface area contributed by atoms with Gasteiger partial charge in [0.1, 0.15) is 18.0 Å². The molecule has 0 aliphatic carbocycles. The van der Waals surface area contributed by atoms with Gasteiger partial charge in [-0.25, -0.2) is 8.42 Å². The van der Waals surface area contributed by atoms with Crippen LogP contribution in [0.5, 0.6) is 5.75 Å². The number of ether oxygens (including phenoxy) is 2. The van der Waals surface area contributed by atoms with Crippen LogP contribution in [0.15, 0.2) is 53.6 Å². The van der Waals surface area contributed by atoms with Crippen molar-refractivity contribution < 1.29 is 27.5 Å². The van der Waals surface area contributed by atoms with E-state index in [2.05, 4.69) is 5.32 Å². The summed E-state index contributed by atoms with van der Waals surface area (Å²) in [5.41, 5.74) is 0.869. The molecule has 0 atom stereocenters. The van der Waals surface area contributed by atoms with Crippen LogP contribution in [-0.4, -0.2) is 68.9 Å². The lowest BCUT2D eigenvalue weighted by Crippen LogP contribution is -2.42. The van der Waals surface area contributed by atoms with Gasteiger partial charge in [0.2, 0.25) is 11.8 Å². The van der Waals surface area contributed by atoms with Crippen LogP contribution >= 0.6 is 11.6 Å². The van der Waals surface area contributed by atoms with Gasteiger partial charge >= 0.3 is 0 Å². The molecule has 0 unspecified atom stereocenters. The summed E-state index contributed by atoms with van der Waals surface area (Å²) in [6.07, 6.45) is 1.42. The zero-order chi connectivity index (χ0) is 24.3. The number of carbonyl (C=O) groups is 2. The number of nitrogens with one attached hydrogen (secondary N) is 1. The van der Waals surface area contributed by atoms with Crippen LogP contribution in [0.4, 0.5) is 5.69 Å². The van der Waals surface area contributed by atoms with Gasteiger partial charge in [0.05, 0.1) is 30.9 Å². The molecule has 1 N–H and O–H groups in total. The fourth-order valence-corrected chi connectivity index (χ4v) is 5.41. The van der Waals surface area contributed by atoms with Crippen LogP contribution in [-0.2, 0) is 30.7 Å². The average Bonchev–Trinajstić information content (AvgIpc) is 3.19. The van der Waals surface area contributed by atoms with E-state index in [0.29, 0.717) is 48.0 Å². The summed E-state index contributed by atoms with van der Waals surface area (Å²) in [5, 5.41) is 3.37. The van der Waals surface area contributed by atoms with E-state index in [9.17, 15) is 18.0 Å². The smallest absolute Gasteiger partial charge is 0.242 e. The third-order valence-corrected chi connectivity index (χ3v) is 7.39. The lowest BCUT2D eigenvalue weighted by molar-refractivity contribution is -0.135. The van der Waals surface area contributed by atoms with E-state index in [1.54, 1.807) is 45.9 Å². The number of methoxy groups -OCH3 is 1. The first-order valence-electron chi connectivity index (χ1n) is 10.6. The zero-order valence-electron chi connectivity index (χ0n) is 18.5. The van der Waals surface area contributed by atoms with E-state index in [4.69, 9.17) is 21.1 Å². The molecule has 0 bridgehead atoms. The lowest BCUT2D eigenvalue weighted by atomic mass is 10.2. The molecule has 180 valence electrons. The van der Waals surface area contributed by atoms with Crippen molar-refractivity contribution in [3.05, 3.63) is 53.7 Å². The number of para-hydroxylation sites is 1. The van der Waals surface area contributed by atoms with Crippen molar-refractivity contribution in [2.45, 2.75) is 11.4 Å². The molecular formula is C23H24ClN3O6S. The van der Waals surface area contributed by atoms with Gasteiger partial charge in [0.25, 0.3) is 0 Å². The minimum Gasteiger partial charge on any atom is -0.495 e. The number of morpholine rings is 1. The number of sulfone groups is 1. The highest BCUT2D eigenvalue weighted by Crippen LogP contribution is 2.29. The number of benzene rings is 2. The number of aromatic nitrogens is 1. The number of fused-ring (bicyclic) bond motifs is 1. The van der Waals surface area contributed by atoms with Gasteiger partial charge in [0.15, 0.2) is 9.84 Å². The predicted molar refractivity (Wildman–Crippen MR) is 128 cm³/mol. The highest BCUT2D eigenvalue weighted by atomic mass is 35.5. The van der Waals surface area contributed by atoms with E-state index in [0.717, 1.165) is 0 Å². The SMILES string of the molecule is COc1ccc(Cl)cc1NC(=O)CS(=O)(=O)c1cn(CC(=O)N2CCOCC2)c2ccccc12. The molecule has 1 saturated heterocycles. The van der Waals surface area contributed by atoms with Crippen LogP contribution in [0.1, 0.15) is 0 Å². The molecule has 34 heavy (non-hydrogen) atoms. The van der Waals surface area contributed by atoms with E-state index in [1.165, 1.54) is 19.4 Å². The second-order valence-electron chi connectivity index (χ2n) is 7.78. The summed E-state index contributed by atoms with van der Waals surface area (Å²) >= 11 is 5.99. The molecule has 2 heterocycles. The number of rotatable bonds is 7. The Morgan fingerprint density at radius 2 is 1.88 bits per heavy atom. The maximum Gasteiger partial charge on any atom is 0.242 e. The third-order valence-electron chi connectivity index (χ3n) is 5.51. The Kier molecular flexibility index (Phi) is 7.11. The summed E-state index contributed by atoms with van der Waals surface area (Å²) in [7, 11) is -2.59. The molecule has 0 radical (unpaired) electrons. The molecule has 1 aliphatic heterocycles. The molecule has 9 nitrogen and oxygen atoms in total. The first kappa shape index (κ1) is 24.1. The first-order chi connectivity index (χ1) is 16.3. The molecule has 1 fully saturated rings. The Hall–Kier alpha value is -3.08. The van der Waals surface area contributed by atoms with Crippen LogP contribution < -0.4 is 10.1 Å². The fourth-order valence-electron chi connectivity index (χ4n) is 3.86. The third kappa shape index (κ3) is 5.19. The van der Waals surface area contributed by atoms with Crippen LogP contribution in [0.3, 0.4) is 0 Å². The summed E-state index contributed by atoms with van der Waals surface area (Å²) < 4.78 is 38.5. The first-order valence-corrected chi connectivity index (χ1v) is 12.6. The number of anilines is 1. The average molecular weight is 506 g/mol. The van der Waals surface area contributed by atoms with Crippen molar-refractivity contribution in [1.82, 2.24) is 9.47 Å². The molecule has 0 spiro atoms. The molecule has 1 aromatic heterocycles. The highest BCUT2D eigenvalue weighted by Gasteiger charge is 2.26. The number of hydrogen-bond acceptors (Lipinski definition) is 6. The predicted octanol–water partition coefficient (Wildman–Crippen LogP) is 2.57. The molecule has 0 saturated carbocycles. The molecule has 11 heteroatoms. The van der Waals surface area contributed by atoms with Gasteiger partial charge in [-0.15, -0.1) is 0 Å². The lowest BCUT2D eigenvalue weighted by Gasteiger charge is -2.27. The number of nitrogens with zero attached hydrogens (tertiary/aromatic N) is 2. The Morgan fingerprint density at radius 3 is 2.62 bits per heavy atom. The van der Waals surface area contributed by atoms with E-state index >= 15 is 0 Å². The molecule has 1 aliphatic rings. The Bertz CT molecular complexity index is 1330. The zero-order valence-corrected chi connectivity index (χ0v) is 20.1. The Labute approximate surface area is 202 Å². The minimum absolute atomic E-state index is 0.00825. The van der Waals surface area contributed by atoms with Crippen molar-refractivity contribution >= 4 is 49.8 Å². The summed E-state index contributed by atoms with van der Waals surface area (Å²) in [6, 6.07) is 11.5. The van der Waals surface area contributed by atoms with Crippen molar-refractivity contribution in [3.8, 4) is 5.75 Å². The van der Waals surface area contributed by atoms with E-state index in [-0.39, 0.29) is 23.0 Å². The van der Waals surface area contributed by atoms with Gasteiger partial charge < -0.3 is 24.3 Å². The number of carbonyl (C=O) groups excluding carboxylic acids is 2. The minimum atomic E-state index is -4.03. The summed E-state index contributed by atoms with van der Waals surface area (Å²) in [5.74, 6) is -1.29. The highest BCUT2D eigenvalue weighted by molar-refractivity contribution is 7.92. The van der Waals surface area contributed by atoms with Crippen LogP contribution in [0, 0.1) is 0 Å². The van der Waals surface area contributed by atoms with E-state index < -0.39 is 21.5 Å². The monoisotopic (exact) mass is 505 g/mol. The van der Waals surface area contributed by atoms with Gasteiger partial charge in [-0.2, -0.15) is 0 Å². The fraction of sp³-hybridized carbons (Fsp3) is 0.304. The van der Waals surface area contributed by atoms with Gasteiger partial charge in [-0.1, -0.05) is 29.8 Å². The maximum absolute atomic E-state index is 13.2. The largest absolute Gasteiger partial charge is 0.495 e. The standard InChI is InChI=1S/C23H24ClN3O6S/c1-32-20-7-6-16(24)12-18(20)25-22(28)15-34(30,31)21-13-27(19-5-3-2-4-17(19)21)14-23(29)26-8-10-33-11-9-26/h2-7,12-13H,8-11,14-15H2,1H3,(H,25,28). The van der Waals surface area contributed by atoms with Crippen molar-refractivity contribution in [1.29, 1.82) is 0 Å². The number of hydrogen-bond donors (Lipinski definition) is 1. The van der Waals surface area contributed by atoms with Crippen molar-refractivity contribution in [2.75, 3.05) is 44.5 Å². The second-order valence-corrected chi connectivity index (χ2v) is 10.2. The summed E-state index contributed by atoms with van der Waals surface area (Å²) in [4.78, 5) is 27.1. The molecule has 2 amide bonds. The van der Waals surface area contributed by atoms with Crippen LogP contribution in [0.25, 0.3) is 10.9 Å². The molecular weight excluding hydrogens is 482 g/mol. The molecule has 2 aromatic carbocycles.